The normalized spacial score (nSPS) is 36.1. The van der Waals surface area contributed by atoms with Crippen molar-refractivity contribution < 1.29 is 0 Å². The highest BCUT2D eigenvalue weighted by Crippen LogP contribution is 2.14. The Labute approximate surface area is 57.1 Å². The Balaban J connectivity index is 2.31. The molecular weight excluding hydrogens is 110 g/mol. The predicted octanol–water partition coefficient (Wildman–Crippen LogP) is 1.56. The molecule has 1 fully saturated rings. The van der Waals surface area contributed by atoms with E-state index in [-0.39, 0.29) is 0 Å². The standard InChI is InChI=1S/C8H15N/c1-3-8-6-7(2)4-5-9-8/h3,7-9H,1,4-6H2,2H3/t7-,8+/m1/s1. The van der Waals surface area contributed by atoms with Crippen molar-refractivity contribution in [1.82, 2.24) is 5.32 Å². The maximum Gasteiger partial charge on any atom is 0.0249 e. The molecule has 1 aliphatic rings. The topological polar surface area (TPSA) is 12.0 Å². The summed E-state index contributed by atoms with van der Waals surface area (Å²) in [5, 5.41) is 3.38. The van der Waals surface area contributed by atoms with E-state index in [4.69, 9.17) is 0 Å². The van der Waals surface area contributed by atoms with Crippen LogP contribution < -0.4 is 5.32 Å². The molecule has 0 amide bonds. The molecule has 0 aromatic heterocycles. The Hall–Kier alpha value is -0.300. The van der Waals surface area contributed by atoms with Gasteiger partial charge in [-0.25, -0.2) is 0 Å². The first kappa shape index (κ1) is 6.81. The minimum atomic E-state index is 0.578. The van der Waals surface area contributed by atoms with E-state index in [1.54, 1.807) is 0 Å². The number of rotatable bonds is 1. The molecule has 0 unspecified atom stereocenters. The first-order chi connectivity index (χ1) is 4.33. The molecule has 1 aliphatic heterocycles. The van der Waals surface area contributed by atoms with Gasteiger partial charge in [0.15, 0.2) is 0 Å². The van der Waals surface area contributed by atoms with E-state index < -0.39 is 0 Å². The van der Waals surface area contributed by atoms with Crippen molar-refractivity contribution in [1.29, 1.82) is 0 Å². The van der Waals surface area contributed by atoms with Crippen molar-refractivity contribution in [2.24, 2.45) is 5.92 Å². The van der Waals surface area contributed by atoms with Gasteiger partial charge in [-0.2, -0.15) is 0 Å². The molecule has 0 aromatic carbocycles. The fourth-order valence-electron chi connectivity index (χ4n) is 1.33. The Bertz CT molecular complexity index is 98.7. The molecule has 0 saturated carbocycles. The highest BCUT2D eigenvalue weighted by Gasteiger charge is 2.14. The van der Waals surface area contributed by atoms with Crippen molar-refractivity contribution in [3.8, 4) is 0 Å². The van der Waals surface area contributed by atoms with Crippen LogP contribution in [0.25, 0.3) is 0 Å². The zero-order valence-corrected chi connectivity index (χ0v) is 6.06. The van der Waals surface area contributed by atoms with Gasteiger partial charge in [-0.3, -0.25) is 0 Å². The second kappa shape index (κ2) is 3.02. The summed E-state index contributed by atoms with van der Waals surface area (Å²) in [6.45, 7) is 7.22. The van der Waals surface area contributed by atoms with E-state index in [1.165, 1.54) is 12.8 Å². The van der Waals surface area contributed by atoms with Crippen LogP contribution in [-0.4, -0.2) is 12.6 Å². The highest BCUT2D eigenvalue weighted by atomic mass is 14.9. The van der Waals surface area contributed by atoms with Gasteiger partial charge in [0.25, 0.3) is 0 Å². The molecule has 0 radical (unpaired) electrons. The minimum absolute atomic E-state index is 0.578. The van der Waals surface area contributed by atoms with Crippen molar-refractivity contribution >= 4 is 0 Å². The molecular formula is C8H15N. The van der Waals surface area contributed by atoms with E-state index >= 15 is 0 Å². The first-order valence-corrected chi connectivity index (χ1v) is 3.69. The maximum atomic E-state index is 3.76. The summed E-state index contributed by atoms with van der Waals surface area (Å²) in [7, 11) is 0. The molecule has 0 bridgehead atoms. The van der Waals surface area contributed by atoms with Crippen LogP contribution in [0.2, 0.25) is 0 Å². The number of hydrogen-bond donors (Lipinski definition) is 1. The zero-order chi connectivity index (χ0) is 6.69. The molecule has 1 heterocycles. The summed E-state index contributed by atoms with van der Waals surface area (Å²) in [5.74, 6) is 0.884. The summed E-state index contributed by atoms with van der Waals surface area (Å²) < 4.78 is 0. The highest BCUT2D eigenvalue weighted by molar-refractivity contribution is 4.89. The third kappa shape index (κ3) is 1.83. The molecule has 9 heavy (non-hydrogen) atoms. The predicted molar refractivity (Wildman–Crippen MR) is 40.4 cm³/mol. The quantitative estimate of drug-likeness (QED) is 0.524. The summed E-state index contributed by atoms with van der Waals surface area (Å²) in [6, 6.07) is 0.578. The van der Waals surface area contributed by atoms with Crippen LogP contribution in [0.15, 0.2) is 12.7 Å². The third-order valence-electron chi connectivity index (χ3n) is 1.98. The van der Waals surface area contributed by atoms with Crippen LogP contribution in [0.1, 0.15) is 19.8 Å². The monoisotopic (exact) mass is 125 g/mol. The van der Waals surface area contributed by atoms with E-state index in [2.05, 4.69) is 18.8 Å². The van der Waals surface area contributed by atoms with Gasteiger partial charge >= 0.3 is 0 Å². The van der Waals surface area contributed by atoms with Crippen LogP contribution in [0, 0.1) is 5.92 Å². The lowest BCUT2D eigenvalue weighted by Crippen LogP contribution is -2.35. The second-order valence-electron chi connectivity index (χ2n) is 2.93. The molecule has 1 rings (SSSR count). The molecule has 2 atom stereocenters. The third-order valence-corrected chi connectivity index (χ3v) is 1.98. The molecule has 0 spiro atoms. The lowest BCUT2D eigenvalue weighted by Gasteiger charge is -2.25. The number of nitrogens with one attached hydrogen (secondary N) is 1. The van der Waals surface area contributed by atoms with Crippen molar-refractivity contribution in [2.45, 2.75) is 25.8 Å². The van der Waals surface area contributed by atoms with Crippen LogP contribution in [-0.2, 0) is 0 Å². The summed E-state index contributed by atoms with van der Waals surface area (Å²) in [6.07, 6.45) is 4.60. The minimum Gasteiger partial charge on any atom is -0.311 e. The van der Waals surface area contributed by atoms with Gasteiger partial charge in [-0.05, 0) is 25.3 Å². The SMILES string of the molecule is C=C[C@H]1C[C@H](C)CCN1. The van der Waals surface area contributed by atoms with Gasteiger partial charge in [0.1, 0.15) is 0 Å². The van der Waals surface area contributed by atoms with Crippen molar-refractivity contribution in [3.63, 3.8) is 0 Å². The second-order valence-corrected chi connectivity index (χ2v) is 2.93. The van der Waals surface area contributed by atoms with Gasteiger partial charge in [0.2, 0.25) is 0 Å². The van der Waals surface area contributed by atoms with Gasteiger partial charge < -0.3 is 5.32 Å². The first-order valence-electron chi connectivity index (χ1n) is 3.69. The van der Waals surface area contributed by atoms with E-state index in [0.717, 1.165) is 12.5 Å². The lowest BCUT2D eigenvalue weighted by molar-refractivity contribution is 0.356. The van der Waals surface area contributed by atoms with Crippen LogP contribution in [0.4, 0.5) is 0 Å². The molecule has 1 heteroatoms. The molecule has 0 aliphatic carbocycles. The van der Waals surface area contributed by atoms with Crippen LogP contribution in [0.3, 0.4) is 0 Å². The Kier molecular flexibility index (Phi) is 2.29. The van der Waals surface area contributed by atoms with Gasteiger partial charge in [0.05, 0.1) is 0 Å². The molecule has 1 saturated heterocycles. The number of piperidine rings is 1. The van der Waals surface area contributed by atoms with Crippen molar-refractivity contribution in [3.05, 3.63) is 12.7 Å². The fourth-order valence-corrected chi connectivity index (χ4v) is 1.33. The molecule has 1 N–H and O–H groups in total. The van der Waals surface area contributed by atoms with E-state index in [1.807, 2.05) is 6.08 Å². The smallest absolute Gasteiger partial charge is 0.0249 e. The average Bonchev–Trinajstić information content (AvgIpc) is 1.88. The van der Waals surface area contributed by atoms with Gasteiger partial charge in [-0.1, -0.05) is 13.0 Å². The van der Waals surface area contributed by atoms with Crippen LogP contribution in [0.5, 0.6) is 0 Å². The van der Waals surface area contributed by atoms with Crippen LogP contribution >= 0.6 is 0 Å². The average molecular weight is 125 g/mol. The Morgan fingerprint density at radius 2 is 2.44 bits per heavy atom. The lowest BCUT2D eigenvalue weighted by atomic mass is 9.95. The summed E-state index contributed by atoms with van der Waals surface area (Å²) in [5.41, 5.74) is 0. The Morgan fingerprint density at radius 3 is 2.89 bits per heavy atom. The summed E-state index contributed by atoms with van der Waals surface area (Å²) in [4.78, 5) is 0. The summed E-state index contributed by atoms with van der Waals surface area (Å²) >= 11 is 0. The van der Waals surface area contributed by atoms with E-state index in [9.17, 15) is 0 Å². The molecule has 1 nitrogen and oxygen atoms in total. The molecule has 0 aromatic rings. The fraction of sp³-hybridized carbons (Fsp3) is 0.750. The van der Waals surface area contributed by atoms with Gasteiger partial charge in [0, 0.05) is 6.04 Å². The van der Waals surface area contributed by atoms with Gasteiger partial charge in [-0.15, -0.1) is 6.58 Å². The maximum absolute atomic E-state index is 3.76. The zero-order valence-electron chi connectivity index (χ0n) is 6.06. The Morgan fingerprint density at radius 1 is 1.67 bits per heavy atom. The number of hydrogen-bond acceptors (Lipinski definition) is 1. The van der Waals surface area contributed by atoms with E-state index in [0.29, 0.717) is 6.04 Å². The molecule has 52 valence electrons. The largest absolute Gasteiger partial charge is 0.311 e. The van der Waals surface area contributed by atoms with Crippen molar-refractivity contribution in [2.75, 3.05) is 6.54 Å².